The third-order valence-corrected chi connectivity index (χ3v) is 3.08. The Morgan fingerprint density at radius 1 is 1.30 bits per heavy atom. The van der Waals surface area contributed by atoms with Crippen molar-refractivity contribution in [3.8, 4) is 0 Å². The lowest BCUT2D eigenvalue weighted by atomic mass is 10.2. The summed E-state index contributed by atoms with van der Waals surface area (Å²) in [7, 11) is 0. The van der Waals surface area contributed by atoms with Crippen molar-refractivity contribution >= 4 is 29.1 Å². The molecule has 0 spiro atoms. The molecule has 5 nitrogen and oxygen atoms in total. The highest BCUT2D eigenvalue weighted by atomic mass is 35.5. The van der Waals surface area contributed by atoms with Gasteiger partial charge in [-0.15, -0.1) is 0 Å². The van der Waals surface area contributed by atoms with Gasteiger partial charge in [0.1, 0.15) is 5.82 Å². The van der Waals surface area contributed by atoms with Gasteiger partial charge in [-0.05, 0) is 30.7 Å². The molecule has 1 heterocycles. The van der Waals surface area contributed by atoms with E-state index >= 15 is 0 Å². The molecule has 0 unspecified atom stereocenters. The number of amides is 2. The van der Waals surface area contributed by atoms with Crippen LogP contribution in [0.3, 0.4) is 0 Å². The summed E-state index contributed by atoms with van der Waals surface area (Å²) in [6, 6.07) is 8.44. The lowest BCUT2D eigenvalue weighted by Gasteiger charge is -2.11. The number of pyridine rings is 1. The van der Waals surface area contributed by atoms with Crippen molar-refractivity contribution in [1.82, 2.24) is 4.98 Å². The maximum Gasteiger partial charge on any atom is 0.324 e. The fourth-order valence-corrected chi connectivity index (χ4v) is 1.95. The minimum Gasteiger partial charge on any atom is -0.326 e. The molecule has 0 fully saturated rings. The number of rotatable bonds is 3. The monoisotopic (exact) mass is 290 g/mol. The number of carbonyl (C=O) groups excluding carboxylic acids is 1. The predicted molar refractivity (Wildman–Crippen MR) is 81.0 cm³/mol. The summed E-state index contributed by atoms with van der Waals surface area (Å²) in [5, 5.41) is 5.88. The van der Waals surface area contributed by atoms with E-state index in [-0.39, 0.29) is 6.54 Å². The van der Waals surface area contributed by atoms with Crippen molar-refractivity contribution in [2.24, 2.45) is 5.73 Å². The van der Waals surface area contributed by atoms with Crippen LogP contribution < -0.4 is 16.4 Å². The molecule has 2 rings (SSSR count). The van der Waals surface area contributed by atoms with Crippen LogP contribution in [0.25, 0.3) is 0 Å². The average molecular weight is 291 g/mol. The second-order valence-corrected chi connectivity index (χ2v) is 4.68. The normalized spacial score (nSPS) is 10.2. The Morgan fingerprint density at radius 3 is 2.75 bits per heavy atom. The number of nitrogens with two attached hydrogens (primary N) is 1. The lowest BCUT2D eigenvalue weighted by molar-refractivity contribution is 0.262. The maximum atomic E-state index is 11.9. The van der Waals surface area contributed by atoms with Crippen LogP contribution in [0.2, 0.25) is 5.02 Å². The van der Waals surface area contributed by atoms with E-state index in [0.717, 1.165) is 5.56 Å². The Bertz CT molecular complexity index is 613. The van der Waals surface area contributed by atoms with Crippen LogP contribution in [0.15, 0.2) is 36.5 Å². The summed E-state index contributed by atoms with van der Waals surface area (Å²) in [5.41, 5.74) is 7.94. The van der Waals surface area contributed by atoms with Crippen molar-refractivity contribution < 1.29 is 4.79 Å². The lowest BCUT2D eigenvalue weighted by Crippen LogP contribution is -2.21. The number of aromatic nitrogens is 1. The van der Waals surface area contributed by atoms with Crippen molar-refractivity contribution in [1.29, 1.82) is 0 Å². The largest absolute Gasteiger partial charge is 0.326 e. The van der Waals surface area contributed by atoms with Gasteiger partial charge in [0.05, 0.1) is 0 Å². The summed E-state index contributed by atoms with van der Waals surface area (Å²) in [6.07, 6.45) is 1.68. The van der Waals surface area contributed by atoms with Gasteiger partial charge in [-0.2, -0.15) is 0 Å². The SMILES string of the molecule is Cc1ccc(NC(=O)Nc2cccc(Cl)c2CN)nc1. The van der Waals surface area contributed by atoms with E-state index in [4.69, 9.17) is 17.3 Å². The number of anilines is 2. The number of benzene rings is 1. The van der Waals surface area contributed by atoms with Crippen LogP contribution >= 0.6 is 11.6 Å². The van der Waals surface area contributed by atoms with Gasteiger partial charge in [-0.3, -0.25) is 5.32 Å². The molecule has 0 bridgehead atoms. The molecular formula is C14H15ClN4O. The highest BCUT2D eigenvalue weighted by molar-refractivity contribution is 6.31. The number of carbonyl (C=O) groups is 1. The minimum atomic E-state index is -0.390. The number of urea groups is 1. The molecule has 2 amide bonds. The zero-order chi connectivity index (χ0) is 14.5. The molecule has 6 heteroatoms. The van der Waals surface area contributed by atoms with Gasteiger partial charge < -0.3 is 11.1 Å². The third kappa shape index (κ3) is 3.46. The number of hydrogen-bond acceptors (Lipinski definition) is 3. The van der Waals surface area contributed by atoms with Crippen molar-refractivity contribution in [3.63, 3.8) is 0 Å². The number of halogens is 1. The van der Waals surface area contributed by atoms with E-state index in [1.807, 2.05) is 13.0 Å². The first kappa shape index (κ1) is 14.3. The van der Waals surface area contributed by atoms with Crippen molar-refractivity contribution in [2.75, 3.05) is 10.6 Å². The first-order valence-corrected chi connectivity index (χ1v) is 6.46. The molecule has 0 atom stereocenters. The van der Waals surface area contributed by atoms with Crippen molar-refractivity contribution in [2.45, 2.75) is 13.5 Å². The molecule has 20 heavy (non-hydrogen) atoms. The summed E-state index contributed by atoms with van der Waals surface area (Å²) < 4.78 is 0. The third-order valence-electron chi connectivity index (χ3n) is 2.72. The maximum absolute atomic E-state index is 11.9. The molecule has 104 valence electrons. The quantitative estimate of drug-likeness (QED) is 0.812. The first-order valence-electron chi connectivity index (χ1n) is 6.08. The molecule has 0 aliphatic heterocycles. The van der Waals surface area contributed by atoms with Crippen LogP contribution in [0.1, 0.15) is 11.1 Å². The van der Waals surface area contributed by atoms with Crippen LogP contribution in [0.5, 0.6) is 0 Å². The fourth-order valence-electron chi connectivity index (χ4n) is 1.69. The molecule has 0 aliphatic rings. The Morgan fingerprint density at radius 2 is 2.10 bits per heavy atom. The molecule has 0 saturated heterocycles. The van der Waals surface area contributed by atoms with E-state index in [9.17, 15) is 4.79 Å². The van der Waals surface area contributed by atoms with E-state index in [2.05, 4.69) is 15.6 Å². The molecular weight excluding hydrogens is 276 g/mol. The zero-order valence-corrected chi connectivity index (χ0v) is 11.7. The smallest absolute Gasteiger partial charge is 0.324 e. The molecule has 1 aromatic heterocycles. The van der Waals surface area contributed by atoms with Crippen LogP contribution in [0, 0.1) is 6.92 Å². The Balaban J connectivity index is 2.08. The molecule has 0 aliphatic carbocycles. The van der Waals surface area contributed by atoms with E-state index in [0.29, 0.717) is 22.1 Å². The Kier molecular flexibility index (Phi) is 4.55. The highest BCUT2D eigenvalue weighted by Gasteiger charge is 2.09. The van der Waals surface area contributed by atoms with Gasteiger partial charge in [0.2, 0.25) is 0 Å². The van der Waals surface area contributed by atoms with Crippen LogP contribution in [-0.2, 0) is 6.54 Å². The molecule has 1 aromatic carbocycles. The standard InChI is InChI=1S/C14H15ClN4O/c1-9-5-6-13(17-8-9)19-14(20)18-12-4-2-3-11(15)10(12)7-16/h2-6,8H,7,16H2,1H3,(H2,17,18,19,20). The van der Waals surface area contributed by atoms with Gasteiger partial charge in [-0.1, -0.05) is 23.7 Å². The van der Waals surface area contributed by atoms with Crippen molar-refractivity contribution in [3.05, 3.63) is 52.7 Å². The summed E-state index contributed by atoms with van der Waals surface area (Å²) in [4.78, 5) is 16.0. The molecule has 0 radical (unpaired) electrons. The van der Waals surface area contributed by atoms with E-state index in [1.165, 1.54) is 0 Å². The number of nitrogens with one attached hydrogen (secondary N) is 2. The van der Waals surface area contributed by atoms with Gasteiger partial charge in [0, 0.05) is 29.0 Å². The molecule has 4 N–H and O–H groups in total. The van der Waals surface area contributed by atoms with E-state index in [1.54, 1.807) is 30.5 Å². The topological polar surface area (TPSA) is 80.0 Å². The average Bonchev–Trinajstić information content (AvgIpc) is 2.42. The fraction of sp³-hybridized carbons (Fsp3) is 0.143. The Labute approximate surface area is 122 Å². The molecule has 0 saturated carbocycles. The second kappa shape index (κ2) is 6.36. The predicted octanol–water partition coefficient (Wildman–Crippen LogP) is 3.15. The minimum absolute atomic E-state index is 0.248. The summed E-state index contributed by atoms with van der Waals surface area (Å²) in [6.45, 7) is 2.18. The first-order chi connectivity index (χ1) is 9.60. The Hall–Kier alpha value is -2.11. The zero-order valence-electron chi connectivity index (χ0n) is 11.0. The van der Waals surface area contributed by atoms with Gasteiger partial charge >= 0.3 is 6.03 Å². The number of hydrogen-bond donors (Lipinski definition) is 3. The second-order valence-electron chi connectivity index (χ2n) is 4.27. The van der Waals surface area contributed by atoms with Crippen LogP contribution in [-0.4, -0.2) is 11.0 Å². The number of aryl methyl sites for hydroxylation is 1. The van der Waals surface area contributed by atoms with E-state index < -0.39 is 6.03 Å². The number of nitrogens with zero attached hydrogens (tertiary/aromatic N) is 1. The molecule has 2 aromatic rings. The summed E-state index contributed by atoms with van der Waals surface area (Å²) >= 11 is 6.03. The van der Waals surface area contributed by atoms with Gasteiger partial charge in [-0.25, -0.2) is 9.78 Å². The van der Waals surface area contributed by atoms with Gasteiger partial charge in [0.25, 0.3) is 0 Å². The summed E-state index contributed by atoms with van der Waals surface area (Å²) in [5.74, 6) is 0.476. The van der Waals surface area contributed by atoms with Gasteiger partial charge in [0.15, 0.2) is 0 Å². The highest BCUT2D eigenvalue weighted by Crippen LogP contribution is 2.23. The van der Waals surface area contributed by atoms with Crippen LogP contribution in [0.4, 0.5) is 16.3 Å².